The van der Waals surface area contributed by atoms with Crippen LogP contribution in [0, 0.1) is 0 Å². The van der Waals surface area contributed by atoms with Crippen molar-refractivity contribution >= 4 is 11.8 Å². The van der Waals surface area contributed by atoms with E-state index in [1.165, 1.54) is 13.3 Å². The first-order chi connectivity index (χ1) is 8.63. The topological polar surface area (TPSA) is 87.3 Å². The third-order valence-electron chi connectivity index (χ3n) is 3.43. The standard InChI is InChI=1S/C12H17N3O3/c1-17-10(16)8-7-14-11(15-9(8)13)12(18-2)5-3-4-6-12/h7H,3-6H2,1-2H3,(H2,13,14,15). The highest BCUT2D eigenvalue weighted by Gasteiger charge is 2.39. The zero-order chi connectivity index (χ0) is 13.2. The second-order valence-electron chi connectivity index (χ2n) is 4.39. The molecule has 0 radical (unpaired) electrons. The lowest BCUT2D eigenvalue weighted by Gasteiger charge is -2.25. The SMILES string of the molecule is COC(=O)c1cnc(C2(OC)CCCC2)nc1N. The number of anilines is 1. The van der Waals surface area contributed by atoms with Gasteiger partial charge in [0.05, 0.1) is 7.11 Å². The van der Waals surface area contributed by atoms with Crippen molar-refractivity contribution in [1.29, 1.82) is 0 Å². The Morgan fingerprint density at radius 1 is 1.39 bits per heavy atom. The van der Waals surface area contributed by atoms with Crippen LogP contribution >= 0.6 is 0 Å². The molecule has 1 aromatic rings. The Morgan fingerprint density at radius 2 is 2.06 bits per heavy atom. The van der Waals surface area contributed by atoms with Crippen LogP contribution in [-0.2, 0) is 15.1 Å². The van der Waals surface area contributed by atoms with Gasteiger partial charge in [0, 0.05) is 13.3 Å². The second-order valence-corrected chi connectivity index (χ2v) is 4.39. The van der Waals surface area contributed by atoms with Crippen molar-refractivity contribution in [2.45, 2.75) is 31.3 Å². The summed E-state index contributed by atoms with van der Waals surface area (Å²) in [6, 6.07) is 0. The number of nitrogen functional groups attached to an aromatic ring is 1. The van der Waals surface area contributed by atoms with Gasteiger partial charge in [0.15, 0.2) is 5.82 Å². The summed E-state index contributed by atoms with van der Waals surface area (Å²) in [4.78, 5) is 19.8. The van der Waals surface area contributed by atoms with Crippen LogP contribution in [0.1, 0.15) is 41.9 Å². The van der Waals surface area contributed by atoms with Gasteiger partial charge in [0.1, 0.15) is 17.0 Å². The van der Waals surface area contributed by atoms with Crippen molar-refractivity contribution < 1.29 is 14.3 Å². The molecular weight excluding hydrogens is 234 g/mol. The van der Waals surface area contributed by atoms with Crippen LogP contribution in [0.4, 0.5) is 5.82 Å². The molecular formula is C12H17N3O3. The van der Waals surface area contributed by atoms with E-state index in [4.69, 9.17) is 10.5 Å². The van der Waals surface area contributed by atoms with Crippen molar-refractivity contribution in [1.82, 2.24) is 9.97 Å². The molecule has 0 amide bonds. The van der Waals surface area contributed by atoms with Gasteiger partial charge >= 0.3 is 5.97 Å². The fraction of sp³-hybridized carbons (Fsp3) is 0.583. The summed E-state index contributed by atoms with van der Waals surface area (Å²) in [5, 5.41) is 0. The summed E-state index contributed by atoms with van der Waals surface area (Å²) in [6.45, 7) is 0. The van der Waals surface area contributed by atoms with Crippen LogP contribution in [0.2, 0.25) is 0 Å². The fourth-order valence-electron chi connectivity index (χ4n) is 2.35. The minimum atomic E-state index is -0.531. The van der Waals surface area contributed by atoms with Gasteiger partial charge in [-0.1, -0.05) is 0 Å². The van der Waals surface area contributed by atoms with E-state index in [1.54, 1.807) is 7.11 Å². The molecule has 0 unspecified atom stereocenters. The Hall–Kier alpha value is -1.69. The third-order valence-corrected chi connectivity index (χ3v) is 3.43. The summed E-state index contributed by atoms with van der Waals surface area (Å²) in [6.07, 6.45) is 5.31. The lowest BCUT2D eigenvalue weighted by molar-refractivity contribution is -0.0162. The fourth-order valence-corrected chi connectivity index (χ4v) is 2.35. The van der Waals surface area contributed by atoms with Crippen molar-refractivity contribution in [2.24, 2.45) is 0 Å². The number of hydrogen-bond donors (Lipinski definition) is 1. The van der Waals surface area contributed by atoms with E-state index in [0.29, 0.717) is 5.82 Å². The molecule has 1 fully saturated rings. The number of aromatic nitrogens is 2. The predicted molar refractivity (Wildman–Crippen MR) is 64.9 cm³/mol. The number of carbonyl (C=O) groups is 1. The van der Waals surface area contributed by atoms with Crippen LogP contribution in [0.3, 0.4) is 0 Å². The Labute approximate surface area is 106 Å². The van der Waals surface area contributed by atoms with E-state index < -0.39 is 11.6 Å². The van der Waals surface area contributed by atoms with Gasteiger partial charge in [0.25, 0.3) is 0 Å². The smallest absolute Gasteiger partial charge is 0.343 e. The molecule has 1 heterocycles. The van der Waals surface area contributed by atoms with E-state index in [9.17, 15) is 4.79 Å². The average Bonchev–Trinajstić information content (AvgIpc) is 2.87. The molecule has 1 aliphatic carbocycles. The zero-order valence-electron chi connectivity index (χ0n) is 10.6. The van der Waals surface area contributed by atoms with Crippen LogP contribution < -0.4 is 5.73 Å². The van der Waals surface area contributed by atoms with E-state index in [1.807, 2.05) is 0 Å². The number of nitrogens with two attached hydrogens (primary N) is 1. The first-order valence-electron chi connectivity index (χ1n) is 5.89. The Kier molecular flexibility index (Phi) is 3.47. The van der Waals surface area contributed by atoms with Crippen molar-refractivity contribution in [3.63, 3.8) is 0 Å². The van der Waals surface area contributed by atoms with Crippen molar-refractivity contribution in [2.75, 3.05) is 20.0 Å². The number of hydrogen-bond acceptors (Lipinski definition) is 6. The first kappa shape index (κ1) is 12.8. The Bertz CT molecular complexity index is 456. The summed E-state index contributed by atoms with van der Waals surface area (Å²) >= 11 is 0. The predicted octanol–water partition coefficient (Wildman–Crippen LogP) is 1.26. The number of methoxy groups -OCH3 is 2. The largest absolute Gasteiger partial charge is 0.465 e. The molecule has 1 aliphatic rings. The maximum atomic E-state index is 11.4. The Balaban J connectivity index is 2.36. The number of esters is 1. The maximum Gasteiger partial charge on any atom is 0.343 e. The maximum absolute atomic E-state index is 11.4. The number of carbonyl (C=O) groups excluding carboxylic acids is 1. The lowest BCUT2D eigenvalue weighted by Crippen LogP contribution is -2.28. The van der Waals surface area contributed by atoms with Crippen LogP contribution in [-0.4, -0.2) is 30.2 Å². The highest BCUT2D eigenvalue weighted by atomic mass is 16.5. The number of nitrogens with zero attached hydrogens (tertiary/aromatic N) is 2. The van der Waals surface area contributed by atoms with Gasteiger partial charge in [-0.05, 0) is 25.7 Å². The molecule has 0 atom stereocenters. The highest BCUT2D eigenvalue weighted by molar-refractivity contribution is 5.93. The van der Waals surface area contributed by atoms with Gasteiger partial charge in [-0.3, -0.25) is 0 Å². The average molecular weight is 251 g/mol. The van der Waals surface area contributed by atoms with Gasteiger partial charge in [-0.25, -0.2) is 14.8 Å². The van der Waals surface area contributed by atoms with E-state index in [0.717, 1.165) is 25.7 Å². The summed E-state index contributed by atoms with van der Waals surface area (Å²) in [5.41, 5.74) is 5.50. The van der Waals surface area contributed by atoms with Crippen molar-refractivity contribution in [3.8, 4) is 0 Å². The van der Waals surface area contributed by atoms with Crippen molar-refractivity contribution in [3.05, 3.63) is 17.6 Å². The van der Waals surface area contributed by atoms with Gasteiger partial charge in [-0.15, -0.1) is 0 Å². The molecule has 0 saturated heterocycles. The minimum Gasteiger partial charge on any atom is -0.465 e. The normalized spacial score (nSPS) is 17.7. The first-order valence-corrected chi connectivity index (χ1v) is 5.89. The molecule has 0 aromatic carbocycles. The zero-order valence-corrected chi connectivity index (χ0v) is 10.6. The molecule has 1 saturated carbocycles. The minimum absolute atomic E-state index is 0.134. The molecule has 6 heteroatoms. The summed E-state index contributed by atoms with van der Waals surface area (Å²) in [7, 11) is 2.95. The molecule has 0 aliphatic heterocycles. The highest BCUT2D eigenvalue weighted by Crippen LogP contribution is 2.40. The molecule has 18 heavy (non-hydrogen) atoms. The molecule has 0 spiro atoms. The summed E-state index contributed by atoms with van der Waals surface area (Å²) < 4.78 is 10.2. The van der Waals surface area contributed by atoms with E-state index in [-0.39, 0.29) is 11.4 Å². The monoisotopic (exact) mass is 251 g/mol. The molecule has 2 rings (SSSR count). The third kappa shape index (κ3) is 2.03. The van der Waals surface area contributed by atoms with Crippen LogP contribution in [0.15, 0.2) is 6.20 Å². The number of ether oxygens (including phenoxy) is 2. The molecule has 2 N–H and O–H groups in total. The molecule has 1 aromatic heterocycles. The quantitative estimate of drug-likeness (QED) is 0.814. The van der Waals surface area contributed by atoms with Gasteiger partial charge in [-0.2, -0.15) is 0 Å². The molecule has 0 bridgehead atoms. The van der Waals surface area contributed by atoms with Crippen LogP contribution in [0.5, 0.6) is 0 Å². The molecule has 6 nitrogen and oxygen atoms in total. The lowest BCUT2D eigenvalue weighted by atomic mass is 10.0. The van der Waals surface area contributed by atoms with Gasteiger partial charge in [0.2, 0.25) is 0 Å². The van der Waals surface area contributed by atoms with Crippen LogP contribution in [0.25, 0.3) is 0 Å². The summed E-state index contributed by atoms with van der Waals surface area (Å²) in [5.74, 6) is 0.153. The van der Waals surface area contributed by atoms with Gasteiger partial charge < -0.3 is 15.2 Å². The molecule has 98 valence electrons. The number of rotatable bonds is 3. The Morgan fingerprint density at radius 3 is 2.56 bits per heavy atom. The second kappa shape index (κ2) is 4.89. The van der Waals surface area contributed by atoms with E-state index in [2.05, 4.69) is 14.7 Å². The van der Waals surface area contributed by atoms with E-state index >= 15 is 0 Å².